The van der Waals surface area contributed by atoms with E-state index in [0.29, 0.717) is 12.7 Å². The molecule has 0 aromatic heterocycles. The first-order chi connectivity index (χ1) is 14.2. The van der Waals surface area contributed by atoms with Gasteiger partial charge in [0.05, 0.1) is 5.41 Å². The zero-order chi connectivity index (χ0) is 19.7. The van der Waals surface area contributed by atoms with Gasteiger partial charge < -0.3 is 14.4 Å². The van der Waals surface area contributed by atoms with Crippen LogP contribution in [0.25, 0.3) is 0 Å². The minimum atomic E-state index is -0.305. The first-order valence-corrected chi connectivity index (χ1v) is 10.7. The van der Waals surface area contributed by atoms with Crippen LogP contribution in [0.4, 0.5) is 0 Å². The molecule has 2 aliphatic heterocycles. The Hall–Kier alpha value is -2.53. The van der Waals surface area contributed by atoms with Crippen molar-refractivity contribution < 1.29 is 14.3 Å². The number of carbonyl (C=O) groups excluding carboxylic acids is 1. The number of nitrogens with zero attached hydrogens (tertiary/aromatic N) is 2. The zero-order valence-corrected chi connectivity index (χ0v) is 16.8. The van der Waals surface area contributed by atoms with Gasteiger partial charge in [0.25, 0.3) is 0 Å². The summed E-state index contributed by atoms with van der Waals surface area (Å²) >= 11 is 0. The fourth-order valence-electron chi connectivity index (χ4n) is 5.07. The number of benzene rings is 2. The van der Waals surface area contributed by atoms with E-state index in [0.717, 1.165) is 69.9 Å². The largest absolute Gasteiger partial charge is 0.454 e. The Morgan fingerprint density at radius 3 is 2.38 bits per heavy atom. The molecule has 152 valence electrons. The van der Waals surface area contributed by atoms with Crippen molar-refractivity contribution in [2.45, 2.75) is 37.6 Å². The van der Waals surface area contributed by atoms with Crippen LogP contribution in [0, 0.1) is 0 Å². The van der Waals surface area contributed by atoms with Gasteiger partial charge in [-0.25, -0.2) is 0 Å². The van der Waals surface area contributed by atoms with E-state index in [9.17, 15) is 4.79 Å². The molecule has 1 saturated carbocycles. The highest BCUT2D eigenvalue weighted by atomic mass is 16.7. The maximum atomic E-state index is 13.6. The molecule has 0 atom stereocenters. The maximum absolute atomic E-state index is 13.6. The van der Waals surface area contributed by atoms with Gasteiger partial charge in [0.2, 0.25) is 12.7 Å². The van der Waals surface area contributed by atoms with Crippen molar-refractivity contribution in [3.8, 4) is 11.5 Å². The molecule has 0 N–H and O–H groups in total. The molecule has 0 unspecified atom stereocenters. The number of hydrogen-bond acceptors (Lipinski definition) is 4. The van der Waals surface area contributed by atoms with Crippen LogP contribution in [0.15, 0.2) is 48.5 Å². The van der Waals surface area contributed by atoms with E-state index in [4.69, 9.17) is 9.47 Å². The number of fused-ring (bicyclic) bond motifs is 1. The Balaban J connectivity index is 1.24. The van der Waals surface area contributed by atoms with E-state index >= 15 is 0 Å². The van der Waals surface area contributed by atoms with Gasteiger partial charge in [-0.3, -0.25) is 9.69 Å². The minimum Gasteiger partial charge on any atom is -0.454 e. The quantitative estimate of drug-likeness (QED) is 0.798. The third kappa shape index (κ3) is 3.48. The summed E-state index contributed by atoms with van der Waals surface area (Å²) in [5.41, 5.74) is 2.12. The summed E-state index contributed by atoms with van der Waals surface area (Å²) in [5, 5.41) is 0. The normalized spacial score (nSPS) is 20.8. The second-order valence-corrected chi connectivity index (χ2v) is 8.41. The molecule has 5 rings (SSSR count). The third-order valence-electron chi connectivity index (χ3n) is 6.70. The number of piperazine rings is 1. The summed E-state index contributed by atoms with van der Waals surface area (Å²) in [6, 6.07) is 16.6. The van der Waals surface area contributed by atoms with Crippen LogP contribution in [-0.4, -0.2) is 48.7 Å². The molecular weight excluding hydrogens is 364 g/mol. The monoisotopic (exact) mass is 392 g/mol. The predicted molar refractivity (Wildman–Crippen MR) is 111 cm³/mol. The summed E-state index contributed by atoms with van der Waals surface area (Å²) in [6.07, 6.45) is 4.25. The highest BCUT2D eigenvalue weighted by Gasteiger charge is 2.45. The number of carbonyl (C=O) groups is 1. The summed E-state index contributed by atoms with van der Waals surface area (Å²) in [4.78, 5) is 18.1. The van der Waals surface area contributed by atoms with Crippen molar-refractivity contribution in [3.63, 3.8) is 0 Å². The Morgan fingerprint density at radius 2 is 1.62 bits per heavy atom. The molecule has 0 spiro atoms. The van der Waals surface area contributed by atoms with Crippen molar-refractivity contribution in [2.75, 3.05) is 33.0 Å². The second kappa shape index (κ2) is 7.71. The Kier molecular flexibility index (Phi) is 4.92. The van der Waals surface area contributed by atoms with Gasteiger partial charge >= 0.3 is 0 Å². The smallest absolute Gasteiger partial charge is 0.233 e. The van der Waals surface area contributed by atoms with Gasteiger partial charge in [-0.1, -0.05) is 49.2 Å². The summed E-state index contributed by atoms with van der Waals surface area (Å²) in [7, 11) is 0. The van der Waals surface area contributed by atoms with Gasteiger partial charge in [-0.15, -0.1) is 0 Å². The Morgan fingerprint density at radius 1 is 0.897 bits per heavy atom. The fraction of sp³-hybridized carbons (Fsp3) is 0.458. The van der Waals surface area contributed by atoms with Crippen LogP contribution in [0.5, 0.6) is 11.5 Å². The van der Waals surface area contributed by atoms with Crippen molar-refractivity contribution in [2.24, 2.45) is 0 Å². The standard InChI is InChI=1S/C24H28N2O3/c27-23(24(10-4-5-11-24)20-6-2-1-3-7-20)26-14-12-25(13-15-26)17-19-8-9-21-22(16-19)29-18-28-21/h1-3,6-9,16H,4-5,10-15,17-18H2. The molecule has 3 aliphatic rings. The minimum absolute atomic E-state index is 0.305. The van der Waals surface area contributed by atoms with E-state index < -0.39 is 0 Å². The van der Waals surface area contributed by atoms with Crippen molar-refractivity contribution >= 4 is 5.91 Å². The van der Waals surface area contributed by atoms with Crippen LogP contribution < -0.4 is 9.47 Å². The molecule has 5 heteroatoms. The van der Waals surface area contributed by atoms with Crippen LogP contribution in [0.2, 0.25) is 0 Å². The van der Waals surface area contributed by atoms with Crippen molar-refractivity contribution in [1.82, 2.24) is 9.80 Å². The van der Waals surface area contributed by atoms with Gasteiger partial charge in [-0.05, 0) is 36.1 Å². The van der Waals surface area contributed by atoms with E-state index in [1.807, 2.05) is 12.1 Å². The predicted octanol–water partition coefficient (Wildman–Crippen LogP) is 3.57. The molecule has 2 fully saturated rings. The average Bonchev–Trinajstić information content (AvgIpc) is 3.44. The maximum Gasteiger partial charge on any atom is 0.233 e. The summed E-state index contributed by atoms with van der Waals surface area (Å²) < 4.78 is 10.9. The van der Waals surface area contributed by atoms with Crippen LogP contribution in [0.1, 0.15) is 36.8 Å². The lowest BCUT2D eigenvalue weighted by Gasteiger charge is -2.40. The fourth-order valence-corrected chi connectivity index (χ4v) is 5.07. The SMILES string of the molecule is O=C(N1CCN(Cc2ccc3c(c2)OCO3)CC1)C1(c2ccccc2)CCCC1. The number of amides is 1. The lowest BCUT2D eigenvalue weighted by Crippen LogP contribution is -2.53. The van der Waals surface area contributed by atoms with E-state index in [2.05, 4.69) is 46.2 Å². The van der Waals surface area contributed by atoms with Crippen LogP contribution in [0.3, 0.4) is 0 Å². The van der Waals surface area contributed by atoms with Gasteiger partial charge in [0.15, 0.2) is 11.5 Å². The molecular formula is C24H28N2O3. The molecule has 1 amide bonds. The lowest BCUT2D eigenvalue weighted by atomic mass is 9.77. The first kappa shape index (κ1) is 18.5. The van der Waals surface area contributed by atoms with Gasteiger partial charge in [-0.2, -0.15) is 0 Å². The number of hydrogen-bond donors (Lipinski definition) is 0. The van der Waals surface area contributed by atoms with Gasteiger partial charge in [0, 0.05) is 32.7 Å². The van der Waals surface area contributed by atoms with Crippen molar-refractivity contribution in [3.05, 3.63) is 59.7 Å². The molecule has 5 nitrogen and oxygen atoms in total. The zero-order valence-electron chi connectivity index (χ0n) is 16.8. The van der Waals surface area contributed by atoms with Gasteiger partial charge in [0.1, 0.15) is 0 Å². The van der Waals surface area contributed by atoms with E-state index in [1.165, 1.54) is 11.1 Å². The Bertz CT molecular complexity index is 869. The molecule has 2 aromatic carbocycles. The highest BCUT2D eigenvalue weighted by Crippen LogP contribution is 2.42. The molecule has 29 heavy (non-hydrogen) atoms. The van der Waals surface area contributed by atoms with Crippen molar-refractivity contribution in [1.29, 1.82) is 0 Å². The molecule has 0 bridgehead atoms. The number of rotatable bonds is 4. The molecule has 1 aliphatic carbocycles. The summed E-state index contributed by atoms with van der Waals surface area (Å²) in [6.45, 7) is 4.61. The highest BCUT2D eigenvalue weighted by molar-refractivity contribution is 5.88. The van der Waals surface area contributed by atoms with E-state index in [1.54, 1.807) is 0 Å². The molecule has 0 radical (unpaired) electrons. The Labute approximate surface area is 172 Å². The topological polar surface area (TPSA) is 42.0 Å². The molecule has 1 saturated heterocycles. The average molecular weight is 392 g/mol. The lowest BCUT2D eigenvalue weighted by molar-refractivity contribution is -0.139. The molecule has 2 heterocycles. The van der Waals surface area contributed by atoms with E-state index in [-0.39, 0.29) is 5.41 Å². The summed E-state index contributed by atoms with van der Waals surface area (Å²) in [5.74, 6) is 2.00. The van der Waals surface area contributed by atoms with Crippen LogP contribution in [-0.2, 0) is 16.8 Å². The van der Waals surface area contributed by atoms with Crippen LogP contribution >= 0.6 is 0 Å². The number of ether oxygens (including phenoxy) is 2. The molecule has 2 aromatic rings. The first-order valence-electron chi connectivity index (χ1n) is 10.7. The second-order valence-electron chi connectivity index (χ2n) is 8.41. The third-order valence-corrected chi connectivity index (χ3v) is 6.70.